The Labute approximate surface area is 511 Å². The van der Waals surface area contributed by atoms with Gasteiger partial charge in [-0.1, -0.05) is 279 Å². The second-order valence-electron chi connectivity index (χ2n) is 23.7. The van der Waals surface area contributed by atoms with Crippen LogP contribution in [0, 0.1) is 5.92 Å². The molecule has 0 aliphatic heterocycles. The lowest BCUT2D eigenvalue weighted by Crippen LogP contribution is -2.30. The zero-order valence-electron chi connectivity index (χ0n) is 54.0. The molecule has 0 spiro atoms. The van der Waals surface area contributed by atoms with Gasteiger partial charge in [0.15, 0.2) is 12.2 Å². The molecule has 0 aromatic heterocycles. The maximum Gasteiger partial charge on any atom is 0.472 e. The predicted octanol–water partition coefficient (Wildman–Crippen LogP) is 18.2. The Morgan fingerprint density at radius 1 is 0.333 bits per heavy atom. The van der Waals surface area contributed by atoms with E-state index in [2.05, 4.69) is 34.6 Å². The largest absolute Gasteiger partial charge is 0.472 e. The van der Waals surface area contributed by atoms with Crippen LogP contribution in [0.3, 0.4) is 0 Å². The van der Waals surface area contributed by atoms with Gasteiger partial charge in [0.2, 0.25) is 0 Å². The summed E-state index contributed by atoms with van der Waals surface area (Å²) in [5.41, 5.74) is 0. The third-order valence-electron chi connectivity index (χ3n) is 15.4. The molecule has 0 heterocycles. The first-order valence-corrected chi connectivity index (χ1v) is 37.2. The number of rotatable bonds is 65. The summed E-state index contributed by atoms with van der Waals surface area (Å²) < 4.78 is 68.0. The Morgan fingerprint density at radius 2 is 0.571 bits per heavy atom. The van der Waals surface area contributed by atoms with Crippen LogP contribution in [0.1, 0.15) is 330 Å². The Bertz CT molecular complexity index is 1640. The van der Waals surface area contributed by atoms with Gasteiger partial charge in [0.05, 0.1) is 26.4 Å². The Kier molecular flexibility index (Phi) is 57.4. The van der Waals surface area contributed by atoms with E-state index in [1.165, 1.54) is 148 Å². The Morgan fingerprint density at radius 3 is 0.845 bits per heavy atom. The highest BCUT2D eigenvalue weighted by molar-refractivity contribution is 7.47. The fourth-order valence-corrected chi connectivity index (χ4v) is 11.3. The summed E-state index contributed by atoms with van der Waals surface area (Å²) in [6.07, 6.45) is 43.0. The second kappa shape index (κ2) is 58.7. The predicted molar refractivity (Wildman–Crippen MR) is 335 cm³/mol. The molecule has 498 valence electrons. The van der Waals surface area contributed by atoms with E-state index in [1.54, 1.807) is 0 Å². The number of hydrogen-bond acceptors (Lipinski definition) is 15. The molecule has 0 radical (unpaired) electrons. The average Bonchev–Trinajstić information content (AvgIpc) is 3.48. The SMILES string of the molecule is CCCCCCCCCCCCCCCCC(=O)O[C@H](COC(=O)CCCCCCCCCCCCCC)COP(=O)(O)OC[C@@H](O)COP(=O)(O)OC[C@@H](COC(=O)CCCCCCCCCC)OC(=O)CCCCCCCCC(C)CC. The van der Waals surface area contributed by atoms with Crippen molar-refractivity contribution in [1.29, 1.82) is 0 Å². The van der Waals surface area contributed by atoms with Gasteiger partial charge in [-0.3, -0.25) is 37.3 Å². The molecule has 0 aliphatic carbocycles. The highest BCUT2D eigenvalue weighted by Gasteiger charge is 2.30. The summed E-state index contributed by atoms with van der Waals surface area (Å²) >= 11 is 0. The third-order valence-corrected chi connectivity index (χ3v) is 17.3. The van der Waals surface area contributed by atoms with Crippen molar-refractivity contribution in [3.63, 3.8) is 0 Å². The number of phosphoric ester groups is 2. The second-order valence-corrected chi connectivity index (χ2v) is 26.7. The molecule has 0 saturated carbocycles. The first-order valence-electron chi connectivity index (χ1n) is 34.2. The van der Waals surface area contributed by atoms with Gasteiger partial charge >= 0.3 is 39.5 Å². The van der Waals surface area contributed by atoms with E-state index in [1.807, 2.05) is 0 Å². The monoisotopic (exact) mass is 1240 g/mol. The molecular formula is C65H126O17P2. The number of ether oxygens (including phenoxy) is 4. The van der Waals surface area contributed by atoms with Crippen molar-refractivity contribution in [2.24, 2.45) is 5.92 Å². The van der Waals surface area contributed by atoms with Crippen molar-refractivity contribution in [2.45, 2.75) is 348 Å². The third kappa shape index (κ3) is 57.8. The molecule has 3 unspecified atom stereocenters. The topological polar surface area (TPSA) is 237 Å². The van der Waals surface area contributed by atoms with E-state index in [9.17, 15) is 43.2 Å². The van der Waals surface area contributed by atoms with Crippen molar-refractivity contribution in [3.05, 3.63) is 0 Å². The highest BCUT2D eigenvalue weighted by Crippen LogP contribution is 2.45. The number of unbranched alkanes of at least 4 members (excludes halogenated alkanes) is 36. The number of phosphoric acid groups is 2. The molecule has 0 rings (SSSR count). The first kappa shape index (κ1) is 82.1. The van der Waals surface area contributed by atoms with Crippen LogP contribution in [0.15, 0.2) is 0 Å². The van der Waals surface area contributed by atoms with Crippen LogP contribution < -0.4 is 0 Å². The molecule has 6 atom stereocenters. The van der Waals surface area contributed by atoms with Crippen molar-refractivity contribution in [3.8, 4) is 0 Å². The number of aliphatic hydroxyl groups is 1. The fraction of sp³-hybridized carbons (Fsp3) is 0.938. The molecule has 0 fully saturated rings. The van der Waals surface area contributed by atoms with Crippen LogP contribution >= 0.6 is 15.6 Å². The van der Waals surface area contributed by atoms with E-state index >= 15 is 0 Å². The zero-order chi connectivity index (χ0) is 62.0. The minimum Gasteiger partial charge on any atom is -0.462 e. The Hall–Kier alpha value is -1.94. The summed E-state index contributed by atoms with van der Waals surface area (Å²) in [5, 5.41) is 10.5. The smallest absolute Gasteiger partial charge is 0.462 e. The maximum atomic E-state index is 13.0. The lowest BCUT2D eigenvalue weighted by molar-refractivity contribution is -0.161. The number of carbonyl (C=O) groups is 4. The minimum absolute atomic E-state index is 0.103. The van der Waals surface area contributed by atoms with Crippen molar-refractivity contribution >= 4 is 39.5 Å². The Balaban J connectivity index is 5.23. The molecule has 19 heteroatoms. The van der Waals surface area contributed by atoms with Crippen LogP contribution in [0.5, 0.6) is 0 Å². The number of carbonyl (C=O) groups excluding carboxylic acids is 4. The van der Waals surface area contributed by atoms with E-state index in [0.29, 0.717) is 25.7 Å². The average molecular weight is 1240 g/mol. The van der Waals surface area contributed by atoms with Gasteiger partial charge < -0.3 is 33.8 Å². The molecule has 17 nitrogen and oxygen atoms in total. The van der Waals surface area contributed by atoms with E-state index < -0.39 is 97.5 Å². The molecule has 3 N–H and O–H groups in total. The van der Waals surface area contributed by atoms with Crippen LogP contribution in [0.4, 0.5) is 0 Å². The minimum atomic E-state index is -4.94. The molecule has 84 heavy (non-hydrogen) atoms. The lowest BCUT2D eigenvalue weighted by Gasteiger charge is -2.21. The van der Waals surface area contributed by atoms with Crippen LogP contribution in [-0.4, -0.2) is 96.7 Å². The van der Waals surface area contributed by atoms with Gasteiger partial charge in [-0.15, -0.1) is 0 Å². The lowest BCUT2D eigenvalue weighted by atomic mass is 10.00. The van der Waals surface area contributed by atoms with Gasteiger partial charge in [0, 0.05) is 25.7 Å². The normalized spacial score (nSPS) is 14.5. The van der Waals surface area contributed by atoms with E-state index in [0.717, 1.165) is 102 Å². The van der Waals surface area contributed by atoms with E-state index in [-0.39, 0.29) is 25.7 Å². The molecule has 0 aromatic carbocycles. The molecule has 0 bridgehead atoms. The zero-order valence-corrected chi connectivity index (χ0v) is 55.8. The van der Waals surface area contributed by atoms with Crippen LogP contribution in [0.25, 0.3) is 0 Å². The summed E-state index contributed by atoms with van der Waals surface area (Å²) in [4.78, 5) is 72.2. The van der Waals surface area contributed by atoms with Crippen LogP contribution in [-0.2, 0) is 65.4 Å². The van der Waals surface area contributed by atoms with Crippen molar-refractivity contribution in [2.75, 3.05) is 39.6 Å². The fourth-order valence-electron chi connectivity index (χ4n) is 9.73. The van der Waals surface area contributed by atoms with Gasteiger partial charge in [0.25, 0.3) is 0 Å². The number of aliphatic hydroxyl groups excluding tert-OH is 1. The molecule has 0 saturated heterocycles. The van der Waals surface area contributed by atoms with Gasteiger partial charge in [0.1, 0.15) is 19.3 Å². The number of hydrogen-bond donors (Lipinski definition) is 3. The van der Waals surface area contributed by atoms with Crippen LogP contribution in [0.2, 0.25) is 0 Å². The first-order chi connectivity index (χ1) is 40.6. The molecule has 0 aromatic rings. The molecular weight excluding hydrogens is 1110 g/mol. The summed E-state index contributed by atoms with van der Waals surface area (Å²) in [6.45, 7) is 7.13. The summed E-state index contributed by atoms with van der Waals surface area (Å²) in [7, 11) is -9.88. The van der Waals surface area contributed by atoms with Gasteiger partial charge in [-0.2, -0.15) is 0 Å². The standard InChI is InChI=1S/C65H126O17P2/c1-6-10-13-16-19-22-24-26-27-29-31-34-40-45-50-64(69)81-60(54-76-63(68)49-44-39-33-30-28-25-23-20-17-14-11-7-2)56-79-83(71,72)77-52-59(66)53-78-84(73,74)80-57-61(55-75-62(67)48-43-38-32-21-18-15-12-8-3)82-65(70)51-46-41-36-35-37-42-47-58(5)9-4/h58-61,66H,6-57H2,1-5H3,(H,71,72)(H,73,74)/t58?,59-,60-,61-/m1/s1. The van der Waals surface area contributed by atoms with E-state index in [4.69, 9.17) is 37.0 Å². The molecule has 0 aliphatic rings. The van der Waals surface area contributed by atoms with Crippen molar-refractivity contribution in [1.82, 2.24) is 0 Å². The highest BCUT2D eigenvalue weighted by atomic mass is 31.2. The summed E-state index contributed by atoms with van der Waals surface area (Å²) in [6, 6.07) is 0. The summed E-state index contributed by atoms with van der Waals surface area (Å²) in [5.74, 6) is -1.41. The molecule has 0 amide bonds. The quantitative estimate of drug-likeness (QED) is 0.0222. The number of esters is 4. The van der Waals surface area contributed by atoms with Gasteiger partial charge in [-0.25, -0.2) is 9.13 Å². The maximum absolute atomic E-state index is 13.0. The van der Waals surface area contributed by atoms with Gasteiger partial charge in [-0.05, 0) is 31.6 Å². The van der Waals surface area contributed by atoms with Crippen molar-refractivity contribution < 1.29 is 80.2 Å².